The van der Waals surface area contributed by atoms with E-state index in [0.717, 1.165) is 0 Å². The highest BCUT2D eigenvalue weighted by molar-refractivity contribution is 6.00. The molecule has 1 unspecified atom stereocenters. The number of ether oxygens (including phenoxy) is 2. The highest BCUT2D eigenvalue weighted by Gasteiger charge is 2.48. The van der Waals surface area contributed by atoms with Gasteiger partial charge in [-0.2, -0.15) is 0 Å². The van der Waals surface area contributed by atoms with Crippen LogP contribution in [0.15, 0.2) is 84.9 Å². The number of nitrogens with one attached hydrogen (secondary N) is 8. The summed E-state index contributed by atoms with van der Waals surface area (Å²) in [5, 5.41) is 22.6. The van der Waals surface area contributed by atoms with Crippen molar-refractivity contribution in [1.82, 2.24) is 52.3 Å². The molecule has 0 spiro atoms. The molecule has 0 bridgehead atoms. The summed E-state index contributed by atoms with van der Waals surface area (Å²) in [5.41, 5.74) is -0.545. The minimum absolute atomic E-state index is 0.0717. The van der Waals surface area contributed by atoms with Crippen LogP contribution in [0.1, 0.15) is 112 Å². The molecular formula is C56H76N10O12. The van der Waals surface area contributed by atoms with Crippen LogP contribution in [-0.4, -0.2) is 159 Å². The van der Waals surface area contributed by atoms with Crippen LogP contribution in [0.5, 0.6) is 0 Å². The standard InChI is InChI=1S/C56H76N10O12/c1-31(57-9)45(67)63-43(55(3,4)5)51(73)65-29-37(27-39(65)49(71)61-41(53(75)77-11)33-19-15-13-16-20-33)59-47(69)35-23-25-36(26-24-35)48(70)60-38-28-40(50(72)62-42(54(76)78-12)34-21-17-14-18-22-34)66(30-38)52(74)44(56(6,7)8)64-46(68)32(2)58-10/h13-26,31-32,37-44,57-58H,27-30H2,1-12H3,(H,59,69)(H,60,70)(H,61,71)(H,62,72)(H,63,67)(H,64,68)/t31-,32-,37-,38-,39-,40-,41-,42?,43+,44+/m0/s1. The van der Waals surface area contributed by atoms with Crippen LogP contribution in [0.2, 0.25) is 0 Å². The van der Waals surface area contributed by atoms with Crippen molar-refractivity contribution in [3.05, 3.63) is 107 Å². The van der Waals surface area contributed by atoms with Crippen molar-refractivity contribution in [1.29, 1.82) is 0 Å². The van der Waals surface area contributed by atoms with Gasteiger partial charge in [0.1, 0.15) is 24.2 Å². The van der Waals surface area contributed by atoms with E-state index in [4.69, 9.17) is 9.47 Å². The maximum absolute atomic E-state index is 14.6. The smallest absolute Gasteiger partial charge is 0.333 e. The summed E-state index contributed by atoms with van der Waals surface area (Å²) in [6.07, 6.45) is -0.143. The summed E-state index contributed by atoms with van der Waals surface area (Å²) in [6, 6.07) is 12.5. The molecule has 0 aromatic heterocycles. The summed E-state index contributed by atoms with van der Waals surface area (Å²) >= 11 is 0. The normalized spacial score (nSPS) is 19.6. The summed E-state index contributed by atoms with van der Waals surface area (Å²) in [6.45, 7) is 13.6. The van der Waals surface area contributed by atoms with Crippen molar-refractivity contribution in [3.8, 4) is 0 Å². The van der Waals surface area contributed by atoms with Crippen molar-refractivity contribution >= 4 is 59.2 Å². The van der Waals surface area contributed by atoms with Crippen LogP contribution >= 0.6 is 0 Å². The molecule has 422 valence electrons. The Bertz CT molecular complexity index is 2480. The maximum atomic E-state index is 14.6. The van der Waals surface area contributed by atoms with Gasteiger partial charge in [-0.25, -0.2) is 9.59 Å². The molecule has 2 heterocycles. The first-order valence-corrected chi connectivity index (χ1v) is 25.9. The molecule has 2 fully saturated rings. The molecule has 3 aromatic carbocycles. The van der Waals surface area contributed by atoms with E-state index in [2.05, 4.69) is 42.5 Å². The Balaban J connectivity index is 1.37. The Morgan fingerprint density at radius 3 is 1.10 bits per heavy atom. The first-order chi connectivity index (χ1) is 36.7. The van der Waals surface area contributed by atoms with E-state index in [-0.39, 0.29) is 37.1 Å². The molecule has 10 atom stereocenters. The second kappa shape index (κ2) is 26.6. The van der Waals surface area contributed by atoms with Crippen molar-refractivity contribution < 1.29 is 57.4 Å². The number of carbonyl (C=O) groups is 10. The van der Waals surface area contributed by atoms with E-state index in [0.29, 0.717) is 11.1 Å². The Morgan fingerprint density at radius 1 is 0.500 bits per heavy atom. The van der Waals surface area contributed by atoms with Crippen LogP contribution < -0.4 is 42.5 Å². The van der Waals surface area contributed by atoms with Gasteiger partial charge in [-0.15, -0.1) is 0 Å². The highest BCUT2D eigenvalue weighted by atomic mass is 16.5. The van der Waals surface area contributed by atoms with Gasteiger partial charge in [0.2, 0.25) is 35.4 Å². The van der Waals surface area contributed by atoms with E-state index >= 15 is 0 Å². The van der Waals surface area contributed by atoms with Crippen LogP contribution in [0.25, 0.3) is 0 Å². The molecule has 5 rings (SSSR count). The zero-order valence-corrected chi connectivity index (χ0v) is 46.5. The monoisotopic (exact) mass is 1080 g/mol. The summed E-state index contributed by atoms with van der Waals surface area (Å²) in [5.74, 6) is -6.14. The molecular weight excluding hydrogens is 1000 g/mol. The van der Waals surface area contributed by atoms with Gasteiger partial charge in [0.05, 0.1) is 26.3 Å². The second-order valence-electron chi connectivity index (χ2n) is 21.8. The number of amides is 8. The molecule has 3 aromatic rings. The third-order valence-electron chi connectivity index (χ3n) is 14.0. The van der Waals surface area contributed by atoms with Gasteiger partial charge in [0, 0.05) is 36.3 Å². The lowest BCUT2D eigenvalue weighted by Crippen LogP contribution is -2.59. The average Bonchev–Trinajstić information content (AvgIpc) is 4.11. The number of likely N-dealkylation sites (N-methyl/N-ethyl adjacent to an activating group) is 2. The summed E-state index contributed by atoms with van der Waals surface area (Å²) < 4.78 is 10.0. The SMILES string of the molecule is CN[C@@H](C)C(=O)N[C@H](C(=O)N1C[C@@H](NC(=O)c2ccc(C(=O)N[C@H]3C[C@@H](C(=O)N[C@H](C(=O)OC)c4ccccc4)N(C(=O)[C@@H](NC(=O)[C@H](C)NC)C(C)(C)C)C3)cc2)C[C@H]1C(=O)NC(C(=O)OC)c1ccccc1)C(C)(C)C. The highest BCUT2D eigenvalue weighted by Crippen LogP contribution is 2.30. The van der Waals surface area contributed by atoms with Gasteiger partial charge >= 0.3 is 11.9 Å². The van der Waals surface area contributed by atoms with E-state index in [1.54, 1.807) is 130 Å². The first-order valence-electron chi connectivity index (χ1n) is 25.9. The quantitative estimate of drug-likeness (QED) is 0.0744. The number of hydrogen-bond donors (Lipinski definition) is 8. The van der Waals surface area contributed by atoms with Crippen molar-refractivity contribution in [2.75, 3.05) is 41.4 Å². The lowest BCUT2D eigenvalue weighted by molar-refractivity contribution is -0.148. The third-order valence-corrected chi connectivity index (χ3v) is 14.0. The van der Waals surface area contributed by atoms with Crippen LogP contribution in [0.3, 0.4) is 0 Å². The van der Waals surface area contributed by atoms with Crippen LogP contribution in [0.4, 0.5) is 0 Å². The minimum Gasteiger partial charge on any atom is -0.467 e. The molecule has 8 N–H and O–H groups in total. The number of likely N-dealkylation sites (tertiary alicyclic amines) is 2. The largest absolute Gasteiger partial charge is 0.467 e. The van der Waals surface area contributed by atoms with Gasteiger partial charge < -0.3 is 61.8 Å². The number of esters is 2. The first kappa shape index (κ1) is 61.1. The Labute approximate surface area is 455 Å². The number of benzene rings is 3. The predicted octanol–water partition coefficient (Wildman–Crippen LogP) is 1.42. The van der Waals surface area contributed by atoms with Gasteiger partial charge in [0.15, 0.2) is 12.1 Å². The fourth-order valence-corrected chi connectivity index (χ4v) is 9.16. The molecule has 2 aliphatic heterocycles. The van der Waals surface area contributed by atoms with Gasteiger partial charge in [-0.1, -0.05) is 102 Å². The molecule has 2 aliphatic rings. The van der Waals surface area contributed by atoms with Crippen LogP contribution in [-0.2, 0) is 47.8 Å². The average molecular weight is 1080 g/mol. The van der Waals surface area contributed by atoms with Crippen molar-refractivity contribution in [3.63, 3.8) is 0 Å². The van der Waals surface area contributed by atoms with Crippen molar-refractivity contribution in [2.45, 2.75) is 129 Å². The Kier molecular flexibility index (Phi) is 20.8. The zero-order valence-electron chi connectivity index (χ0n) is 46.5. The predicted molar refractivity (Wildman–Crippen MR) is 288 cm³/mol. The minimum atomic E-state index is -1.23. The fourth-order valence-electron chi connectivity index (χ4n) is 9.16. The fraction of sp³-hybridized carbons (Fsp3) is 0.500. The molecule has 0 aliphatic carbocycles. The number of hydrogen-bond acceptors (Lipinski definition) is 14. The number of nitrogens with zero attached hydrogens (tertiary/aromatic N) is 2. The maximum Gasteiger partial charge on any atom is 0.333 e. The Hall–Kier alpha value is -7.72. The number of rotatable bonds is 20. The van der Waals surface area contributed by atoms with Gasteiger partial charge in [-0.05, 0) is 87.0 Å². The summed E-state index contributed by atoms with van der Waals surface area (Å²) in [4.78, 5) is 141. The molecule has 8 amide bonds. The van der Waals surface area contributed by atoms with Crippen molar-refractivity contribution in [2.24, 2.45) is 10.8 Å². The van der Waals surface area contributed by atoms with E-state index < -0.39 is 130 Å². The van der Waals surface area contributed by atoms with E-state index in [9.17, 15) is 47.9 Å². The lowest BCUT2D eigenvalue weighted by atomic mass is 9.85. The number of carbonyl (C=O) groups excluding carboxylic acids is 10. The Morgan fingerprint density at radius 2 is 0.821 bits per heavy atom. The molecule has 2 saturated heterocycles. The molecule has 0 radical (unpaired) electrons. The molecule has 78 heavy (non-hydrogen) atoms. The van der Waals surface area contributed by atoms with Gasteiger partial charge in [0.25, 0.3) is 11.8 Å². The zero-order chi connectivity index (χ0) is 57.8. The second-order valence-corrected chi connectivity index (χ2v) is 21.8. The van der Waals surface area contributed by atoms with Gasteiger partial charge in [-0.3, -0.25) is 38.4 Å². The van der Waals surface area contributed by atoms with E-state index in [1.165, 1.54) is 48.3 Å². The lowest BCUT2D eigenvalue weighted by Gasteiger charge is -2.36. The van der Waals surface area contributed by atoms with E-state index in [1.807, 2.05) is 0 Å². The molecule has 22 nitrogen and oxygen atoms in total. The molecule has 22 heteroatoms. The molecule has 0 saturated carbocycles. The number of methoxy groups -OCH3 is 2. The summed E-state index contributed by atoms with van der Waals surface area (Å²) in [7, 11) is 5.58. The van der Waals surface area contributed by atoms with Crippen LogP contribution in [0, 0.1) is 10.8 Å². The third kappa shape index (κ3) is 15.3. The topological polar surface area (TPSA) is 292 Å².